The van der Waals surface area contributed by atoms with E-state index in [1.54, 1.807) is 4.90 Å². The minimum absolute atomic E-state index is 0.00144. The van der Waals surface area contributed by atoms with Gasteiger partial charge in [-0.05, 0) is 37.5 Å². The maximum absolute atomic E-state index is 12.5. The van der Waals surface area contributed by atoms with Gasteiger partial charge in [-0.1, -0.05) is 19.9 Å². The molecule has 0 N–H and O–H groups in total. The second-order valence-electron chi connectivity index (χ2n) is 4.98. The van der Waals surface area contributed by atoms with Gasteiger partial charge in [-0.3, -0.25) is 9.59 Å². The Morgan fingerprint density at radius 2 is 1.91 bits per heavy atom. The second kappa shape index (κ2) is 10.3. The van der Waals surface area contributed by atoms with E-state index in [0.717, 1.165) is 26.1 Å². The molecule has 6 heteroatoms. The monoisotopic (exact) mass is 326 g/mol. The molecule has 0 saturated carbocycles. The van der Waals surface area contributed by atoms with Crippen molar-refractivity contribution in [1.29, 1.82) is 0 Å². The minimum atomic E-state index is -0.285. The van der Waals surface area contributed by atoms with E-state index in [-0.39, 0.29) is 18.3 Å². The van der Waals surface area contributed by atoms with Gasteiger partial charge in [0.15, 0.2) is 0 Å². The number of ether oxygens (including phenoxy) is 1. The van der Waals surface area contributed by atoms with Crippen molar-refractivity contribution in [2.75, 3.05) is 39.8 Å². The molecule has 0 radical (unpaired) electrons. The van der Waals surface area contributed by atoms with Crippen molar-refractivity contribution in [3.63, 3.8) is 0 Å². The molecule has 0 fully saturated rings. The average molecular weight is 326 g/mol. The fourth-order valence-electron chi connectivity index (χ4n) is 2.22. The van der Waals surface area contributed by atoms with Crippen molar-refractivity contribution in [2.24, 2.45) is 0 Å². The van der Waals surface area contributed by atoms with Gasteiger partial charge < -0.3 is 14.5 Å². The van der Waals surface area contributed by atoms with Crippen LogP contribution in [0.25, 0.3) is 0 Å². The van der Waals surface area contributed by atoms with E-state index in [9.17, 15) is 9.59 Å². The predicted octanol–water partition coefficient (Wildman–Crippen LogP) is 2.49. The molecule has 1 amide bonds. The standard InChI is InChI=1S/C16H26N2O3S/c1-4-17(5-2)10-7-11-18(12-9-15(19)21-3)16(20)14-8-6-13-22-14/h6,8,13H,4-5,7,9-12H2,1-3H3. The lowest BCUT2D eigenvalue weighted by atomic mass is 10.3. The molecule has 1 aromatic rings. The Kier molecular flexibility index (Phi) is 8.77. The van der Waals surface area contributed by atoms with Crippen LogP contribution in [0.5, 0.6) is 0 Å². The van der Waals surface area contributed by atoms with Crippen molar-refractivity contribution >= 4 is 23.2 Å². The molecule has 22 heavy (non-hydrogen) atoms. The fraction of sp³-hybridized carbons (Fsp3) is 0.625. The normalized spacial score (nSPS) is 10.7. The van der Waals surface area contributed by atoms with Crippen LogP contribution in [-0.2, 0) is 9.53 Å². The Labute approximate surface area is 136 Å². The zero-order valence-corrected chi connectivity index (χ0v) is 14.5. The van der Waals surface area contributed by atoms with Crippen LogP contribution in [0.2, 0.25) is 0 Å². The summed E-state index contributed by atoms with van der Waals surface area (Å²) in [6, 6.07) is 3.69. The number of carbonyl (C=O) groups excluding carboxylic acids is 2. The van der Waals surface area contributed by atoms with Gasteiger partial charge in [0, 0.05) is 13.1 Å². The van der Waals surface area contributed by atoms with Crippen LogP contribution in [0, 0.1) is 0 Å². The van der Waals surface area contributed by atoms with Crippen LogP contribution >= 0.6 is 11.3 Å². The number of hydrogen-bond acceptors (Lipinski definition) is 5. The van der Waals surface area contributed by atoms with E-state index in [1.165, 1.54) is 18.4 Å². The lowest BCUT2D eigenvalue weighted by Crippen LogP contribution is -2.35. The summed E-state index contributed by atoms with van der Waals surface area (Å²) in [5.41, 5.74) is 0. The molecule has 0 unspecified atom stereocenters. The van der Waals surface area contributed by atoms with Crippen LogP contribution in [0.15, 0.2) is 17.5 Å². The van der Waals surface area contributed by atoms with Crippen molar-refractivity contribution < 1.29 is 14.3 Å². The second-order valence-corrected chi connectivity index (χ2v) is 5.92. The molecule has 0 aliphatic rings. The highest BCUT2D eigenvalue weighted by atomic mass is 32.1. The number of hydrogen-bond donors (Lipinski definition) is 0. The molecule has 0 spiro atoms. The first-order valence-corrected chi connectivity index (χ1v) is 8.62. The molecular formula is C16H26N2O3S. The maximum Gasteiger partial charge on any atom is 0.307 e. The Morgan fingerprint density at radius 1 is 1.18 bits per heavy atom. The Hall–Kier alpha value is -1.40. The SMILES string of the molecule is CCN(CC)CCCN(CCC(=O)OC)C(=O)c1cccs1. The lowest BCUT2D eigenvalue weighted by Gasteiger charge is -2.24. The van der Waals surface area contributed by atoms with Crippen LogP contribution in [0.1, 0.15) is 36.4 Å². The molecule has 0 aromatic carbocycles. The third-order valence-electron chi connectivity index (χ3n) is 3.63. The highest BCUT2D eigenvalue weighted by Gasteiger charge is 2.18. The van der Waals surface area contributed by atoms with Crippen LogP contribution < -0.4 is 0 Å². The highest BCUT2D eigenvalue weighted by molar-refractivity contribution is 7.12. The topological polar surface area (TPSA) is 49.9 Å². The predicted molar refractivity (Wildman–Crippen MR) is 89.3 cm³/mol. The average Bonchev–Trinajstić information content (AvgIpc) is 3.07. The number of thiophene rings is 1. The smallest absolute Gasteiger partial charge is 0.307 e. The van der Waals surface area contributed by atoms with Crippen LogP contribution in [0.3, 0.4) is 0 Å². The molecular weight excluding hydrogens is 300 g/mol. The highest BCUT2D eigenvalue weighted by Crippen LogP contribution is 2.13. The first-order chi connectivity index (χ1) is 10.6. The van der Waals surface area contributed by atoms with Gasteiger partial charge in [0.2, 0.25) is 0 Å². The third-order valence-corrected chi connectivity index (χ3v) is 4.49. The molecule has 0 saturated heterocycles. The number of carbonyl (C=O) groups is 2. The van der Waals surface area contributed by atoms with Crippen molar-refractivity contribution in [3.8, 4) is 0 Å². The van der Waals surface area contributed by atoms with E-state index >= 15 is 0 Å². The van der Waals surface area contributed by atoms with Crippen LogP contribution in [0.4, 0.5) is 0 Å². The zero-order chi connectivity index (χ0) is 16.4. The molecule has 0 aliphatic carbocycles. The van der Waals surface area contributed by atoms with Gasteiger partial charge in [0.25, 0.3) is 5.91 Å². The van der Waals surface area contributed by atoms with Crippen molar-refractivity contribution in [3.05, 3.63) is 22.4 Å². The summed E-state index contributed by atoms with van der Waals surface area (Å²) in [6.07, 6.45) is 1.14. The first kappa shape index (κ1) is 18.6. The fourth-order valence-corrected chi connectivity index (χ4v) is 2.92. The largest absolute Gasteiger partial charge is 0.469 e. The number of esters is 1. The molecule has 1 rings (SSSR count). The Balaban J connectivity index is 2.57. The molecule has 5 nitrogen and oxygen atoms in total. The van der Waals surface area contributed by atoms with E-state index in [2.05, 4.69) is 23.5 Å². The molecule has 1 aromatic heterocycles. The first-order valence-electron chi connectivity index (χ1n) is 7.74. The van der Waals surface area contributed by atoms with Gasteiger partial charge in [0.05, 0.1) is 18.4 Å². The molecule has 1 heterocycles. The van der Waals surface area contributed by atoms with Crippen molar-refractivity contribution in [1.82, 2.24) is 9.80 Å². The summed E-state index contributed by atoms with van der Waals surface area (Å²) in [5.74, 6) is -0.286. The Morgan fingerprint density at radius 3 is 2.45 bits per heavy atom. The van der Waals surface area contributed by atoms with Gasteiger partial charge in [-0.25, -0.2) is 0 Å². The summed E-state index contributed by atoms with van der Waals surface area (Å²) in [5, 5.41) is 1.89. The summed E-state index contributed by atoms with van der Waals surface area (Å²) < 4.78 is 4.67. The Bertz CT molecular complexity index is 444. The minimum Gasteiger partial charge on any atom is -0.469 e. The van der Waals surface area contributed by atoms with Crippen LogP contribution in [-0.4, -0.2) is 61.5 Å². The number of rotatable bonds is 10. The third kappa shape index (κ3) is 6.15. The van der Waals surface area contributed by atoms with E-state index in [1.807, 2.05) is 17.5 Å². The molecule has 0 atom stereocenters. The molecule has 124 valence electrons. The number of nitrogens with zero attached hydrogens (tertiary/aromatic N) is 2. The van der Waals surface area contributed by atoms with Gasteiger partial charge in [0.1, 0.15) is 0 Å². The van der Waals surface area contributed by atoms with Gasteiger partial charge >= 0.3 is 5.97 Å². The molecule has 0 aliphatic heterocycles. The summed E-state index contributed by atoms with van der Waals surface area (Å²) >= 11 is 1.43. The van der Waals surface area contributed by atoms with E-state index in [0.29, 0.717) is 18.0 Å². The lowest BCUT2D eigenvalue weighted by molar-refractivity contribution is -0.140. The number of methoxy groups -OCH3 is 1. The van der Waals surface area contributed by atoms with E-state index in [4.69, 9.17) is 0 Å². The maximum atomic E-state index is 12.5. The number of amides is 1. The summed E-state index contributed by atoms with van der Waals surface area (Å²) in [6.45, 7) is 8.31. The summed E-state index contributed by atoms with van der Waals surface area (Å²) in [7, 11) is 1.37. The van der Waals surface area contributed by atoms with Crippen molar-refractivity contribution in [2.45, 2.75) is 26.7 Å². The summed E-state index contributed by atoms with van der Waals surface area (Å²) in [4.78, 5) is 28.6. The van der Waals surface area contributed by atoms with Gasteiger partial charge in [-0.2, -0.15) is 0 Å². The quantitative estimate of drug-likeness (QED) is 0.620. The van der Waals surface area contributed by atoms with Gasteiger partial charge in [-0.15, -0.1) is 11.3 Å². The van der Waals surface area contributed by atoms with E-state index < -0.39 is 0 Å². The zero-order valence-electron chi connectivity index (χ0n) is 13.7. The molecule has 0 bridgehead atoms.